The predicted octanol–water partition coefficient (Wildman–Crippen LogP) is 2.10. The van der Waals surface area contributed by atoms with Crippen molar-refractivity contribution in [1.29, 1.82) is 0 Å². The van der Waals surface area contributed by atoms with Crippen molar-refractivity contribution in [1.82, 2.24) is 15.0 Å². The van der Waals surface area contributed by atoms with Crippen LogP contribution in [0.15, 0.2) is 29.3 Å². The molecule has 2 rings (SSSR count). The van der Waals surface area contributed by atoms with Crippen molar-refractivity contribution in [2.75, 3.05) is 5.32 Å². The summed E-state index contributed by atoms with van der Waals surface area (Å²) in [7, 11) is 0. The average molecular weight is 284 g/mol. The van der Waals surface area contributed by atoms with E-state index in [9.17, 15) is 18.0 Å². The summed E-state index contributed by atoms with van der Waals surface area (Å²) < 4.78 is 38.2. The number of rotatable bonds is 3. The van der Waals surface area contributed by atoms with E-state index in [1.54, 1.807) is 6.92 Å². The Morgan fingerprint density at radius 1 is 1.40 bits per heavy atom. The van der Waals surface area contributed by atoms with Crippen LogP contribution in [0.25, 0.3) is 0 Å². The summed E-state index contributed by atoms with van der Waals surface area (Å²) in [5, 5.41) is 2.60. The van der Waals surface area contributed by atoms with E-state index in [4.69, 9.17) is 0 Å². The zero-order valence-corrected chi connectivity index (χ0v) is 10.5. The van der Waals surface area contributed by atoms with Crippen LogP contribution in [-0.4, -0.2) is 15.0 Å². The fraction of sp³-hybridized carbons (Fsp3) is 0.250. The van der Waals surface area contributed by atoms with Crippen LogP contribution in [0.1, 0.15) is 17.1 Å². The van der Waals surface area contributed by atoms with E-state index in [0.29, 0.717) is 5.69 Å². The molecule has 0 aliphatic carbocycles. The molecule has 0 saturated heterocycles. The Morgan fingerprint density at radius 2 is 2.15 bits per heavy atom. The highest BCUT2D eigenvalue weighted by Crippen LogP contribution is 2.33. The molecule has 0 spiro atoms. The molecule has 0 aromatic carbocycles. The Morgan fingerprint density at radius 3 is 2.80 bits per heavy atom. The van der Waals surface area contributed by atoms with Gasteiger partial charge >= 0.3 is 6.18 Å². The first-order valence-electron chi connectivity index (χ1n) is 5.68. The fourth-order valence-corrected chi connectivity index (χ4v) is 1.68. The number of aromatic amines is 1. The minimum Gasteiger partial charge on any atom is -0.377 e. The molecule has 0 aliphatic rings. The molecule has 0 radical (unpaired) electrons. The smallest absolute Gasteiger partial charge is 0.377 e. The SMILES string of the molecule is Cc1cc(=O)[nH]c(CNc2ccncc2C(F)(F)F)n1. The second kappa shape index (κ2) is 5.32. The summed E-state index contributed by atoms with van der Waals surface area (Å²) in [6.07, 6.45) is -2.50. The lowest BCUT2D eigenvalue weighted by Crippen LogP contribution is -2.16. The van der Waals surface area contributed by atoms with Gasteiger partial charge in [-0.2, -0.15) is 13.2 Å². The van der Waals surface area contributed by atoms with Gasteiger partial charge in [0, 0.05) is 29.8 Å². The van der Waals surface area contributed by atoms with E-state index in [1.165, 1.54) is 18.3 Å². The van der Waals surface area contributed by atoms with Crippen LogP contribution in [0.4, 0.5) is 18.9 Å². The first-order chi connectivity index (χ1) is 9.36. The van der Waals surface area contributed by atoms with Gasteiger partial charge in [-0.1, -0.05) is 0 Å². The molecule has 8 heteroatoms. The zero-order valence-electron chi connectivity index (χ0n) is 10.5. The van der Waals surface area contributed by atoms with Gasteiger partial charge in [0.25, 0.3) is 5.56 Å². The van der Waals surface area contributed by atoms with Gasteiger partial charge in [0.05, 0.1) is 12.1 Å². The minimum absolute atomic E-state index is 0.0238. The van der Waals surface area contributed by atoms with Crippen LogP contribution in [-0.2, 0) is 12.7 Å². The van der Waals surface area contributed by atoms with Crippen LogP contribution in [0.3, 0.4) is 0 Å². The minimum atomic E-state index is -4.50. The Bertz CT molecular complexity index is 666. The molecule has 0 aliphatic heterocycles. The molecule has 0 bridgehead atoms. The summed E-state index contributed by atoms with van der Waals surface area (Å²) in [5.74, 6) is 0.264. The summed E-state index contributed by atoms with van der Waals surface area (Å²) in [4.78, 5) is 21.2. The Balaban J connectivity index is 2.21. The molecule has 0 saturated carbocycles. The van der Waals surface area contributed by atoms with Gasteiger partial charge < -0.3 is 10.3 Å². The Kier molecular flexibility index (Phi) is 3.73. The average Bonchev–Trinajstić information content (AvgIpc) is 2.34. The van der Waals surface area contributed by atoms with Crippen molar-refractivity contribution in [3.05, 3.63) is 52.0 Å². The zero-order chi connectivity index (χ0) is 14.8. The van der Waals surface area contributed by atoms with E-state index in [2.05, 4.69) is 20.3 Å². The highest BCUT2D eigenvalue weighted by Gasteiger charge is 2.33. The molecular weight excluding hydrogens is 273 g/mol. The number of hydrogen-bond acceptors (Lipinski definition) is 4. The van der Waals surface area contributed by atoms with E-state index in [1.807, 2.05) is 0 Å². The maximum absolute atomic E-state index is 12.7. The first kappa shape index (κ1) is 14.0. The predicted molar refractivity (Wildman–Crippen MR) is 66.2 cm³/mol. The Labute approximate surface area is 111 Å². The molecule has 2 aromatic rings. The highest BCUT2D eigenvalue weighted by atomic mass is 19.4. The standard InChI is InChI=1S/C12H11F3N4O/c1-7-4-11(20)19-10(18-7)6-17-9-2-3-16-5-8(9)12(13,14)15/h2-5H,6H2,1H3,(H,16,17)(H,18,19,20). The number of aryl methyl sites for hydroxylation is 1. The van der Waals surface area contributed by atoms with Gasteiger partial charge in [0.2, 0.25) is 0 Å². The summed E-state index contributed by atoms with van der Waals surface area (Å²) in [6.45, 7) is 1.61. The van der Waals surface area contributed by atoms with E-state index in [0.717, 1.165) is 6.20 Å². The summed E-state index contributed by atoms with van der Waals surface area (Å²) in [5.41, 5.74) is -0.831. The third-order valence-electron chi connectivity index (χ3n) is 2.49. The third-order valence-corrected chi connectivity index (χ3v) is 2.49. The monoisotopic (exact) mass is 284 g/mol. The van der Waals surface area contributed by atoms with Crippen molar-refractivity contribution < 1.29 is 13.2 Å². The van der Waals surface area contributed by atoms with E-state index in [-0.39, 0.29) is 23.6 Å². The highest BCUT2D eigenvalue weighted by molar-refractivity contribution is 5.50. The normalized spacial score (nSPS) is 11.4. The number of aromatic nitrogens is 3. The van der Waals surface area contributed by atoms with Crippen LogP contribution in [0.2, 0.25) is 0 Å². The van der Waals surface area contributed by atoms with Gasteiger partial charge in [-0.15, -0.1) is 0 Å². The second-order valence-electron chi connectivity index (χ2n) is 4.11. The largest absolute Gasteiger partial charge is 0.419 e. The molecule has 0 unspecified atom stereocenters. The first-order valence-corrected chi connectivity index (χ1v) is 5.68. The van der Waals surface area contributed by atoms with Crippen LogP contribution >= 0.6 is 0 Å². The number of pyridine rings is 1. The summed E-state index contributed by atoms with van der Waals surface area (Å²) in [6, 6.07) is 2.52. The molecule has 2 N–H and O–H groups in total. The molecular formula is C12H11F3N4O. The number of nitrogens with one attached hydrogen (secondary N) is 2. The molecule has 20 heavy (non-hydrogen) atoms. The quantitative estimate of drug-likeness (QED) is 0.905. The number of H-pyrrole nitrogens is 1. The van der Waals surface area contributed by atoms with Crippen molar-refractivity contribution in [2.24, 2.45) is 0 Å². The Hall–Kier alpha value is -2.38. The van der Waals surface area contributed by atoms with Gasteiger partial charge in [0.15, 0.2) is 0 Å². The lowest BCUT2D eigenvalue weighted by Gasteiger charge is -2.13. The van der Waals surface area contributed by atoms with Crippen molar-refractivity contribution in [3.8, 4) is 0 Å². The topological polar surface area (TPSA) is 70.7 Å². The van der Waals surface area contributed by atoms with Gasteiger partial charge in [-0.3, -0.25) is 9.78 Å². The third kappa shape index (κ3) is 3.34. The number of anilines is 1. The van der Waals surface area contributed by atoms with Gasteiger partial charge in [0.1, 0.15) is 5.82 Å². The van der Waals surface area contributed by atoms with E-state index < -0.39 is 11.7 Å². The number of halogens is 3. The fourth-order valence-electron chi connectivity index (χ4n) is 1.68. The second-order valence-corrected chi connectivity index (χ2v) is 4.11. The van der Waals surface area contributed by atoms with Gasteiger partial charge in [-0.05, 0) is 13.0 Å². The van der Waals surface area contributed by atoms with Crippen molar-refractivity contribution >= 4 is 5.69 Å². The molecule has 2 heterocycles. The maximum Gasteiger partial charge on any atom is 0.419 e. The molecule has 0 fully saturated rings. The number of hydrogen-bond donors (Lipinski definition) is 2. The molecule has 0 amide bonds. The molecule has 5 nitrogen and oxygen atoms in total. The maximum atomic E-state index is 12.7. The summed E-state index contributed by atoms with van der Waals surface area (Å²) >= 11 is 0. The lowest BCUT2D eigenvalue weighted by molar-refractivity contribution is -0.137. The van der Waals surface area contributed by atoms with Crippen LogP contribution in [0.5, 0.6) is 0 Å². The van der Waals surface area contributed by atoms with Crippen molar-refractivity contribution in [3.63, 3.8) is 0 Å². The van der Waals surface area contributed by atoms with Crippen LogP contribution in [0, 0.1) is 6.92 Å². The van der Waals surface area contributed by atoms with Gasteiger partial charge in [-0.25, -0.2) is 4.98 Å². The number of nitrogens with zero attached hydrogens (tertiary/aromatic N) is 2. The van der Waals surface area contributed by atoms with Crippen LogP contribution < -0.4 is 10.9 Å². The molecule has 106 valence electrons. The molecule has 2 aromatic heterocycles. The lowest BCUT2D eigenvalue weighted by atomic mass is 10.2. The van der Waals surface area contributed by atoms with Crippen molar-refractivity contribution in [2.45, 2.75) is 19.6 Å². The van der Waals surface area contributed by atoms with E-state index >= 15 is 0 Å². The molecule has 0 atom stereocenters. The number of alkyl halides is 3.